The summed E-state index contributed by atoms with van der Waals surface area (Å²) in [5, 5.41) is 6.48. The molecule has 0 spiro atoms. The molecule has 0 bridgehead atoms. The number of aromatic nitrogens is 2. The van der Waals surface area contributed by atoms with E-state index in [1.807, 2.05) is 18.2 Å². The van der Waals surface area contributed by atoms with E-state index >= 15 is 0 Å². The van der Waals surface area contributed by atoms with Crippen molar-refractivity contribution in [3.63, 3.8) is 0 Å². The minimum absolute atomic E-state index is 0.126. The van der Waals surface area contributed by atoms with Gasteiger partial charge in [0.05, 0.1) is 16.9 Å². The second-order valence-corrected chi connectivity index (χ2v) is 10.9. The van der Waals surface area contributed by atoms with E-state index in [0.717, 1.165) is 43.9 Å². The smallest absolute Gasteiger partial charge is 0.366 e. The fourth-order valence-electron chi connectivity index (χ4n) is 4.74. The van der Waals surface area contributed by atoms with E-state index in [2.05, 4.69) is 51.3 Å². The highest BCUT2D eigenvalue weighted by molar-refractivity contribution is 6.31. The monoisotopic (exact) mass is 624 g/mol. The summed E-state index contributed by atoms with van der Waals surface area (Å²) < 4.78 is 39.3. The van der Waals surface area contributed by atoms with Gasteiger partial charge in [-0.2, -0.15) is 13.2 Å². The number of anilines is 2. The minimum atomic E-state index is -4.42. The summed E-state index contributed by atoms with van der Waals surface area (Å²) in [7, 11) is 2.07. The first-order valence-corrected chi connectivity index (χ1v) is 14.8. The summed E-state index contributed by atoms with van der Waals surface area (Å²) in [6.07, 6.45) is -3.08. The maximum absolute atomic E-state index is 13.3. The number of benzene rings is 3. The van der Waals surface area contributed by atoms with E-state index in [-0.39, 0.29) is 12.5 Å². The van der Waals surface area contributed by atoms with Gasteiger partial charge in [-0.25, -0.2) is 9.97 Å². The normalized spacial score (nSPS) is 11.7. The highest BCUT2D eigenvalue weighted by Crippen LogP contribution is 2.32. The van der Waals surface area contributed by atoms with Crippen LogP contribution in [0.4, 0.5) is 24.7 Å². The molecule has 0 saturated heterocycles. The van der Waals surface area contributed by atoms with Crippen molar-refractivity contribution in [2.24, 2.45) is 0 Å². The number of carbonyl (C=O) groups excluding carboxylic acids is 1. The molecular formula is C33H36ClF3N6O. The molecular weight excluding hydrogens is 589 g/mol. The quantitative estimate of drug-likeness (QED) is 0.161. The Hall–Kier alpha value is -3.99. The van der Waals surface area contributed by atoms with Crippen molar-refractivity contribution in [1.82, 2.24) is 19.8 Å². The molecule has 4 aromatic rings. The molecule has 0 unspecified atom stereocenters. The zero-order valence-corrected chi connectivity index (χ0v) is 25.7. The first-order chi connectivity index (χ1) is 21.0. The van der Waals surface area contributed by atoms with Crippen LogP contribution in [-0.4, -0.2) is 58.9 Å². The first-order valence-electron chi connectivity index (χ1n) is 14.4. The molecule has 1 heterocycles. The Morgan fingerprint density at radius 1 is 0.909 bits per heavy atom. The van der Waals surface area contributed by atoms with Gasteiger partial charge in [-0.3, -0.25) is 4.79 Å². The van der Waals surface area contributed by atoms with Crippen LogP contribution in [-0.2, 0) is 19.3 Å². The Balaban J connectivity index is 1.47. The second kappa shape index (κ2) is 15.1. The number of likely N-dealkylation sites (N-methyl/N-ethyl adjacent to an activating group) is 2. The van der Waals surface area contributed by atoms with Gasteiger partial charge in [0.2, 0.25) is 0 Å². The van der Waals surface area contributed by atoms with Crippen LogP contribution >= 0.6 is 11.6 Å². The first kappa shape index (κ1) is 32.9. The molecule has 44 heavy (non-hydrogen) atoms. The maximum Gasteiger partial charge on any atom is 0.416 e. The Labute approximate surface area is 261 Å². The lowest BCUT2D eigenvalue weighted by molar-refractivity contribution is -0.137. The second-order valence-electron chi connectivity index (χ2n) is 10.4. The summed E-state index contributed by atoms with van der Waals surface area (Å²) in [5.41, 5.74) is 2.84. The molecule has 7 nitrogen and oxygen atoms in total. The molecule has 0 atom stereocenters. The zero-order valence-electron chi connectivity index (χ0n) is 25.0. The molecule has 0 fully saturated rings. The number of halogens is 4. The number of carbonyl (C=O) groups is 1. The van der Waals surface area contributed by atoms with E-state index in [1.54, 1.807) is 36.4 Å². The lowest BCUT2D eigenvalue weighted by Crippen LogP contribution is -2.32. The van der Waals surface area contributed by atoms with Gasteiger partial charge >= 0.3 is 6.18 Å². The number of nitrogens with one attached hydrogen (secondary N) is 2. The molecule has 1 amide bonds. The number of hydrogen-bond acceptors (Lipinski definition) is 6. The summed E-state index contributed by atoms with van der Waals surface area (Å²) in [5.74, 6) is 0.126. The van der Waals surface area contributed by atoms with Crippen LogP contribution in [0.5, 0.6) is 0 Å². The molecule has 0 aliphatic heterocycles. The molecule has 0 aliphatic rings. The molecule has 2 N–H and O–H groups in total. The van der Waals surface area contributed by atoms with Crippen LogP contribution in [0.1, 0.15) is 40.9 Å². The van der Waals surface area contributed by atoms with E-state index in [4.69, 9.17) is 11.6 Å². The van der Waals surface area contributed by atoms with Crippen molar-refractivity contribution in [2.75, 3.05) is 43.9 Å². The predicted octanol–water partition coefficient (Wildman–Crippen LogP) is 7.45. The lowest BCUT2D eigenvalue weighted by Gasteiger charge is -2.23. The van der Waals surface area contributed by atoms with Gasteiger partial charge in [-0.1, -0.05) is 49.7 Å². The number of alkyl halides is 3. The van der Waals surface area contributed by atoms with Crippen molar-refractivity contribution < 1.29 is 18.0 Å². The van der Waals surface area contributed by atoms with Crippen LogP contribution in [0, 0.1) is 0 Å². The van der Waals surface area contributed by atoms with Gasteiger partial charge < -0.3 is 20.4 Å². The zero-order chi connectivity index (χ0) is 31.7. The Morgan fingerprint density at radius 2 is 1.66 bits per heavy atom. The Bertz CT molecular complexity index is 1560. The topological polar surface area (TPSA) is 73.4 Å². The van der Waals surface area contributed by atoms with Gasteiger partial charge in [0.15, 0.2) is 0 Å². The summed E-state index contributed by atoms with van der Waals surface area (Å²) in [6.45, 7) is 9.08. The van der Waals surface area contributed by atoms with E-state index in [9.17, 15) is 18.0 Å². The van der Waals surface area contributed by atoms with Crippen molar-refractivity contribution >= 4 is 29.0 Å². The molecule has 3 aromatic carbocycles. The fraction of sp³-hybridized carbons (Fsp3) is 0.303. The van der Waals surface area contributed by atoms with Crippen molar-refractivity contribution in [3.05, 3.63) is 106 Å². The van der Waals surface area contributed by atoms with Crippen molar-refractivity contribution in [1.29, 1.82) is 0 Å². The van der Waals surface area contributed by atoms with Crippen LogP contribution < -0.4 is 10.6 Å². The van der Waals surface area contributed by atoms with E-state index in [1.165, 1.54) is 12.4 Å². The third-order valence-corrected chi connectivity index (χ3v) is 7.47. The minimum Gasteiger partial charge on any atom is -0.366 e. The van der Waals surface area contributed by atoms with E-state index in [0.29, 0.717) is 45.5 Å². The van der Waals surface area contributed by atoms with Crippen LogP contribution in [0.3, 0.4) is 0 Å². The van der Waals surface area contributed by atoms with E-state index < -0.39 is 11.7 Å². The van der Waals surface area contributed by atoms with Gasteiger partial charge in [0, 0.05) is 48.4 Å². The van der Waals surface area contributed by atoms with Crippen molar-refractivity contribution in [3.8, 4) is 11.3 Å². The third kappa shape index (κ3) is 9.25. The summed E-state index contributed by atoms with van der Waals surface area (Å²) in [6, 6.07) is 19.4. The van der Waals surface area contributed by atoms with Gasteiger partial charge in [0.1, 0.15) is 12.1 Å². The predicted molar refractivity (Wildman–Crippen MR) is 170 cm³/mol. The maximum atomic E-state index is 13.3. The number of amides is 1. The highest BCUT2D eigenvalue weighted by Gasteiger charge is 2.30. The molecule has 0 radical (unpaired) electrons. The molecule has 11 heteroatoms. The molecule has 4 rings (SSSR count). The number of nitrogens with zero attached hydrogens (tertiary/aromatic N) is 4. The largest absolute Gasteiger partial charge is 0.416 e. The standard InChI is InChI=1S/C33H36ClF3N6O/c1-4-43(5-2)15-14-42(3)21-24-9-6-10-25(16-24)32(44)41-29-13-12-27(34)18-28(29)30-19-31(40-22-39-30)38-20-23-8-7-11-26(17-23)33(35,36)37/h6-13,16-19,22H,4-5,14-15,20-21H2,1-3H3,(H,41,44)(H,38,39,40). The average molecular weight is 625 g/mol. The van der Waals surface area contributed by atoms with Crippen molar-refractivity contribution in [2.45, 2.75) is 33.1 Å². The SMILES string of the molecule is CCN(CC)CCN(C)Cc1cccc(C(=O)Nc2ccc(Cl)cc2-c2cc(NCc3cccc(C(F)(F)F)c3)ncn2)c1. The van der Waals surface area contributed by atoms with Crippen LogP contribution in [0.2, 0.25) is 5.02 Å². The summed E-state index contributed by atoms with van der Waals surface area (Å²) in [4.78, 5) is 26.5. The van der Waals surface area contributed by atoms with Gasteiger partial charge in [-0.15, -0.1) is 0 Å². The lowest BCUT2D eigenvalue weighted by atomic mass is 10.1. The molecule has 0 saturated carbocycles. The highest BCUT2D eigenvalue weighted by atomic mass is 35.5. The molecule has 0 aliphatic carbocycles. The Morgan fingerprint density at radius 3 is 2.41 bits per heavy atom. The average Bonchev–Trinajstić information content (AvgIpc) is 3.01. The summed E-state index contributed by atoms with van der Waals surface area (Å²) >= 11 is 6.31. The fourth-order valence-corrected chi connectivity index (χ4v) is 4.91. The molecule has 1 aromatic heterocycles. The molecule has 232 valence electrons. The third-order valence-electron chi connectivity index (χ3n) is 7.23. The van der Waals surface area contributed by atoms with Gasteiger partial charge in [0.25, 0.3) is 5.91 Å². The van der Waals surface area contributed by atoms with Crippen LogP contribution in [0.15, 0.2) is 79.1 Å². The Kier molecular flexibility index (Phi) is 11.3. The number of rotatable bonds is 13. The van der Waals surface area contributed by atoms with Gasteiger partial charge in [-0.05, 0) is 73.7 Å². The van der Waals surface area contributed by atoms with Crippen LogP contribution in [0.25, 0.3) is 11.3 Å². The number of hydrogen-bond donors (Lipinski definition) is 2.